The molecule has 0 radical (unpaired) electrons. The fraction of sp³-hybridized carbons (Fsp3) is 0.480. The molecule has 3 heterocycles. The van der Waals surface area contributed by atoms with E-state index in [0.29, 0.717) is 65.2 Å². The number of aliphatic hydroxyl groups is 1. The summed E-state index contributed by atoms with van der Waals surface area (Å²) in [5.41, 5.74) is 2.48. The number of anilines is 1. The van der Waals surface area contributed by atoms with Crippen LogP contribution in [-0.4, -0.2) is 65.8 Å². The number of benzene rings is 1. The van der Waals surface area contributed by atoms with Gasteiger partial charge in [-0.15, -0.1) is 0 Å². The molecule has 1 aromatic carbocycles. The lowest BCUT2D eigenvalue weighted by atomic mass is 9.97. The van der Waals surface area contributed by atoms with E-state index in [9.17, 15) is 18.3 Å². The monoisotopic (exact) mass is 505 g/mol. The van der Waals surface area contributed by atoms with Crippen LogP contribution in [0.1, 0.15) is 24.3 Å². The van der Waals surface area contributed by atoms with Gasteiger partial charge in [0.05, 0.1) is 22.9 Å². The zero-order valence-electron chi connectivity index (χ0n) is 20.5. The van der Waals surface area contributed by atoms with E-state index in [1.54, 1.807) is 50.1 Å². The Morgan fingerprint density at radius 1 is 1.25 bits per heavy atom. The Kier molecular flexibility index (Phi) is 7.79. The first-order valence-corrected chi connectivity index (χ1v) is 11.9. The summed E-state index contributed by atoms with van der Waals surface area (Å²) in [4.78, 5) is 11.1. The normalized spacial score (nSPS) is 17.3. The summed E-state index contributed by atoms with van der Waals surface area (Å²) in [5.74, 6) is 0.432. The fourth-order valence-corrected chi connectivity index (χ4v) is 4.37. The quantitative estimate of drug-likeness (QED) is 0.471. The van der Waals surface area contributed by atoms with Gasteiger partial charge in [-0.3, -0.25) is 0 Å². The Morgan fingerprint density at radius 2 is 2.06 bits per heavy atom. The number of halogens is 3. The van der Waals surface area contributed by atoms with Gasteiger partial charge in [0.25, 0.3) is 0 Å². The van der Waals surface area contributed by atoms with Crippen molar-refractivity contribution in [2.24, 2.45) is 5.92 Å². The number of ether oxygens (including phenoxy) is 1. The van der Waals surface area contributed by atoms with E-state index >= 15 is 0 Å². The van der Waals surface area contributed by atoms with Crippen LogP contribution >= 0.6 is 0 Å². The van der Waals surface area contributed by atoms with Gasteiger partial charge in [0.1, 0.15) is 30.0 Å². The first-order chi connectivity index (χ1) is 17.2. The topological polar surface area (TPSA) is 96.5 Å². The average molecular weight is 506 g/mol. The van der Waals surface area contributed by atoms with Crippen LogP contribution in [0.4, 0.5) is 19.0 Å². The van der Waals surface area contributed by atoms with Crippen molar-refractivity contribution in [1.29, 1.82) is 0 Å². The van der Waals surface area contributed by atoms with E-state index < -0.39 is 18.2 Å². The molecule has 2 aromatic heterocycles. The second-order valence-electron chi connectivity index (χ2n) is 9.01. The molecule has 36 heavy (non-hydrogen) atoms. The average Bonchev–Trinajstić information content (AvgIpc) is 3.20. The van der Waals surface area contributed by atoms with Gasteiger partial charge in [0.2, 0.25) is 0 Å². The molecule has 1 aliphatic heterocycles. The largest absolute Gasteiger partial charge is 0.491 e. The Morgan fingerprint density at radius 3 is 2.75 bits per heavy atom. The van der Waals surface area contributed by atoms with Gasteiger partial charge in [-0.1, -0.05) is 17.3 Å². The van der Waals surface area contributed by atoms with Crippen molar-refractivity contribution in [3.8, 4) is 28.4 Å². The molecule has 0 saturated carbocycles. The summed E-state index contributed by atoms with van der Waals surface area (Å²) in [6.07, 6.45) is -4.41. The van der Waals surface area contributed by atoms with Crippen molar-refractivity contribution in [3.05, 3.63) is 41.8 Å². The SMILES string of the molecule is CNCC(O)COc1cccc(-c2nc(-c3c(C)noc3C)cc(N3CCCC(C(F)(F)F)C3)n2)c1. The molecule has 0 bridgehead atoms. The van der Waals surface area contributed by atoms with Gasteiger partial charge in [0, 0.05) is 31.3 Å². The second-order valence-corrected chi connectivity index (χ2v) is 9.01. The molecule has 3 aromatic rings. The summed E-state index contributed by atoms with van der Waals surface area (Å²) >= 11 is 0. The molecular weight excluding hydrogens is 475 g/mol. The number of aliphatic hydroxyl groups excluding tert-OH is 1. The zero-order chi connectivity index (χ0) is 25.9. The van der Waals surface area contributed by atoms with Crippen molar-refractivity contribution >= 4 is 5.82 Å². The molecule has 0 aliphatic carbocycles. The van der Waals surface area contributed by atoms with Crippen LogP contribution in [0.3, 0.4) is 0 Å². The number of likely N-dealkylation sites (N-methyl/N-ethyl adjacent to an activating group) is 1. The standard InChI is InChI=1S/C25H30F3N5O3/c1-15-23(16(2)36-32-15)21-11-22(33-9-5-7-18(13-33)25(26,27)28)31-24(30-21)17-6-4-8-20(10-17)35-14-19(34)12-29-3/h4,6,8,10-11,18-19,29,34H,5,7,9,12-14H2,1-3H3. The lowest BCUT2D eigenvalue weighted by Gasteiger charge is -2.34. The molecule has 2 N–H and O–H groups in total. The number of rotatable bonds is 8. The van der Waals surface area contributed by atoms with Crippen molar-refractivity contribution in [2.45, 2.75) is 39.0 Å². The van der Waals surface area contributed by atoms with Gasteiger partial charge in [0.15, 0.2) is 5.82 Å². The van der Waals surface area contributed by atoms with Gasteiger partial charge in [-0.25, -0.2) is 9.97 Å². The molecule has 8 nitrogen and oxygen atoms in total. The maximum Gasteiger partial charge on any atom is 0.393 e. The van der Waals surface area contributed by atoms with E-state index in [4.69, 9.17) is 14.2 Å². The predicted octanol–water partition coefficient (Wildman–Crippen LogP) is 4.15. The Balaban J connectivity index is 1.72. The van der Waals surface area contributed by atoms with Crippen molar-refractivity contribution < 1.29 is 27.5 Å². The Hall–Kier alpha value is -3.18. The van der Waals surface area contributed by atoms with E-state index in [0.717, 1.165) is 0 Å². The molecule has 194 valence electrons. The number of hydrogen-bond acceptors (Lipinski definition) is 8. The lowest BCUT2D eigenvalue weighted by Crippen LogP contribution is -2.42. The van der Waals surface area contributed by atoms with Gasteiger partial charge >= 0.3 is 6.18 Å². The van der Waals surface area contributed by atoms with Gasteiger partial charge < -0.3 is 24.6 Å². The minimum atomic E-state index is -4.26. The van der Waals surface area contributed by atoms with Gasteiger partial charge in [-0.05, 0) is 45.9 Å². The summed E-state index contributed by atoms with van der Waals surface area (Å²) in [5, 5.41) is 16.8. The van der Waals surface area contributed by atoms with Crippen molar-refractivity contribution in [1.82, 2.24) is 20.4 Å². The fourth-order valence-electron chi connectivity index (χ4n) is 4.37. The molecule has 0 spiro atoms. The highest BCUT2D eigenvalue weighted by molar-refractivity contribution is 5.71. The summed E-state index contributed by atoms with van der Waals surface area (Å²) < 4.78 is 51.5. The van der Waals surface area contributed by atoms with Crippen molar-refractivity contribution in [3.63, 3.8) is 0 Å². The molecule has 11 heteroatoms. The second kappa shape index (κ2) is 10.8. The van der Waals surface area contributed by atoms with E-state index in [1.807, 2.05) is 6.07 Å². The maximum atomic E-state index is 13.5. The Labute approximate surface area is 207 Å². The number of aryl methyl sites for hydroxylation is 2. The molecule has 2 atom stereocenters. The first-order valence-electron chi connectivity index (χ1n) is 11.9. The number of hydrogen-bond donors (Lipinski definition) is 2. The van der Waals surface area contributed by atoms with E-state index in [1.165, 1.54) is 0 Å². The highest BCUT2D eigenvalue weighted by Crippen LogP contribution is 2.36. The molecule has 1 aliphatic rings. The predicted molar refractivity (Wildman–Crippen MR) is 129 cm³/mol. The Bertz CT molecular complexity index is 1160. The molecule has 1 fully saturated rings. The number of nitrogens with zero attached hydrogens (tertiary/aromatic N) is 4. The van der Waals surface area contributed by atoms with Crippen LogP contribution < -0.4 is 15.0 Å². The maximum absolute atomic E-state index is 13.5. The van der Waals surface area contributed by atoms with Crippen LogP contribution in [0.15, 0.2) is 34.9 Å². The molecule has 0 amide bonds. The number of piperidine rings is 1. The summed E-state index contributed by atoms with van der Waals surface area (Å²) in [6, 6.07) is 8.79. The van der Waals surface area contributed by atoms with Crippen LogP contribution in [0, 0.1) is 19.8 Å². The van der Waals surface area contributed by atoms with Crippen LogP contribution in [0.2, 0.25) is 0 Å². The van der Waals surface area contributed by atoms with Gasteiger partial charge in [-0.2, -0.15) is 13.2 Å². The number of alkyl halides is 3. The third-order valence-corrected chi connectivity index (χ3v) is 6.18. The third-order valence-electron chi connectivity index (χ3n) is 6.18. The van der Waals surface area contributed by atoms with Crippen LogP contribution in [0.25, 0.3) is 22.6 Å². The minimum Gasteiger partial charge on any atom is -0.491 e. The summed E-state index contributed by atoms with van der Waals surface area (Å²) in [6.45, 7) is 4.35. The smallest absolute Gasteiger partial charge is 0.393 e. The molecule has 4 rings (SSSR count). The lowest BCUT2D eigenvalue weighted by molar-refractivity contribution is -0.176. The third kappa shape index (κ3) is 5.96. The molecule has 1 saturated heterocycles. The highest BCUT2D eigenvalue weighted by Gasteiger charge is 2.42. The first kappa shape index (κ1) is 25.9. The van der Waals surface area contributed by atoms with E-state index in [-0.39, 0.29) is 19.6 Å². The number of nitrogens with one attached hydrogen (secondary N) is 1. The molecule has 2 unspecified atom stereocenters. The molecular formula is C25H30F3N5O3. The zero-order valence-corrected chi connectivity index (χ0v) is 20.5. The highest BCUT2D eigenvalue weighted by atomic mass is 19.4. The minimum absolute atomic E-state index is 0.0993. The van der Waals surface area contributed by atoms with Crippen LogP contribution in [-0.2, 0) is 0 Å². The number of aromatic nitrogens is 3. The van der Waals surface area contributed by atoms with Crippen LogP contribution in [0.5, 0.6) is 5.75 Å². The van der Waals surface area contributed by atoms with Crippen molar-refractivity contribution in [2.75, 3.05) is 38.2 Å². The van der Waals surface area contributed by atoms with E-state index in [2.05, 4.69) is 15.5 Å². The summed E-state index contributed by atoms with van der Waals surface area (Å²) in [7, 11) is 1.74.